The predicted octanol–water partition coefficient (Wildman–Crippen LogP) is 4.19. The number of carbonyl (C=O) groups is 1. The molecule has 6 heteroatoms. The Kier molecular flexibility index (Phi) is 3.54. The molecule has 3 aromatic rings. The molecule has 4 rings (SSSR count). The number of benzene rings is 2. The number of aromatic nitrogens is 1. The topological polar surface area (TPSA) is 82.3 Å². The molecule has 0 aliphatic heterocycles. The molecule has 1 aliphatic carbocycles. The number of nitro groups is 1. The smallest absolute Gasteiger partial charge is 0.299 e. The maximum atomic E-state index is 13.1. The molecule has 0 spiro atoms. The first-order valence-electron chi connectivity index (χ1n) is 8.01. The molecule has 0 saturated carbocycles. The van der Waals surface area contributed by atoms with Gasteiger partial charge in [-0.1, -0.05) is 42.5 Å². The largest absolute Gasteiger partial charge is 0.496 e. The Morgan fingerprint density at radius 3 is 2.23 bits per heavy atom. The average molecular weight is 346 g/mol. The van der Waals surface area contributed by atoms with E-state index in [0.29, 0.717) is 28.1 Å². The number of ketones is 1. The van der Waals surface area contributed by atoms with Crippen molar-refractivity contribution in [2.75, 3.05) is 7.11 Å². The van der Waals surface area contributed by atoms with Gasteiger partial charge in [0, 0.05) is 16.7 Å². The lowest BCUT2D eigenvalue weighted by Gasteiger charge is -2.13. The molecule has 0 fully saturated rings. The lowest BCUT2D eigenvalue weighted by molar-refractivity contribution is -0.385. The molecule has 1 aromatic heterocycles. The van der Waals surface area contributed by atoms with Crippen LogP contribution in [0.4, 0.5) is 5.69 Å². The Morgan fingerprint density at radius 1 is 0.962 bits per heavy atom. The van der Waals surface area contributed by atoms with E-state index in [0.717, 1.165) is 0 Å². The van der Waals surface area contributed by atoms with E-state index in [1.165, 1.54) is 7.11 Å². The Morgan fingerprint density at radius 2 is 1.58 bits per heavy atom. The van der Waals surface area contributed by atoms with Gasteiger partial charge in [-0.2, -0.15) is 0 Å². The summed E-state index contributed by atoms with van der Waals surface area (Å²) in [4.78, 5) is 28.8. The number of aryl methyl sites for hydroxylation is 1. The van der Waals surface area contributed by atoms with Crippen LogP contribution in [0.25, 0.3) is 22.4 Å². The fraction of sp³-hybridized carbons (Fsp3) is 0.100. The highest BCUT2D eigenvalue weighted by Gasteiger charge is 2.37. The number of pyridine rings is 1. The van der Waals surface area contributed by atoms with Crippen LogP contribution in [0.3, 0.4) is 0 Å². The molecule has 26 heavy (non-hydrogen) atoms. The second kappa shape index (κ2) is 5.77. The van der Waals surface area contributed by atoms with Crippen LogP contribution in [0.1, 0.15) is 21.6 Å². The van der Waals surface area contributed by atoms with Gasteiger partial charge in [-0.25, -0.2) is 4.98 Å². The lowest BCUT2D eigenvalue weighted by atomic mass is 9.94. The minimum atomic E-state index is -0.485. The van der Waals surface area contributed by atoms with E-state index in [-0.39, 0.29) is 28.3 Å². The Hall–Kier alpha value is -3.54. The van der Waals surface area contributed by atoms with Gasteiger partial charge in [0.05, 0.1) is 28.9 Å². The third kappa shape index (κ3) is 2.12. The first-order chi connectivity index (χ1) is 12.5. The second-order valence-corrected chi connectivity index (χ2v) is 5.98. The summed E-state index contributed by atoms with van der Waals surface area (Å²) < 4.78 is 5.39. The monoisotopic (exact) mass is 346 g/mol. The van der Waals surface area contributed by atoms with Gasteiger partial charge < -0.3 is 4.74 Å². The lowest BCUT2D eigenvalue weighted by Crippen LogP contribution is -2.06. The van der Waals surface area contributed by atoms with Crippen LogP contribution in [0, 0.1) is 17.0 Å². The fourth-order valence-electron chi connectivity index (χ4n) is 3.47. The molecular formula is C20H14N2O4. The molecule has 0 atom stereocenters. The molecule has 0 N–H and O–H groups in total. The zero-order valence-corrected chi connectivity index (χ0v) is 14.1. The van der Waals surface area contributed by atoms with Crippen LogP contribution >= 0.6 is 0 Å². The van der Waals surface area contributed by atoms with Crippen LogP contribution in [0.15, 0.2) is 48.5 Å². The Balaban J connectivity index is 2.17. The van der Waals surface area contributed by atoms with E-state index in [1.807, 2.05) is 12.1 Å². The highest BCUT2D eigenvalue weighted by atomic mass is 16.6. The summed E-state index contributed by atoms with van der Waals surface area (Å²) in [6, 6.07) is 14.1. The molecule has 1 heterocycles. The third-order valence-corrected chi connectivity index (χ3v) is 4.56. The van der Waals surface area contributed by atoms with Crippen LogP contribution < -0.4 is 4.74 Å². The summed E-state index contributed by atoms with van der Waals surface area (Å²) in [5.41, 5.74) is 2.80. The number of ether oxygens (including phenoxy) is 1. The molecule has 6 nitrogen and oxygen atoms in total. The number of carbonyl (C=O) groups excluding carboxylic acids is 1. The zero-order chi connectivity index (χ0) is 18.4. The summed E-state index contributed by atoms with van der Waals surface area (Å²) >= 11 is 0. The average Bonchev–Trinajstić information content (AvgIpc) is 2.93. The number of para-hydroxylation sites is 1. The molecule has 0 unspecified atom stereocenters. The molecule has 0 bridgehead atoms. The summed E-state index contributed by atoms with van der Waals surface area (Å²) in [6.45, 7) is 1.59. The molecule has 1 aliphatic rings. The van der Waals surface area contributed by atoms with Gasteiger partial charge in [-0.3, -0.25) is 14.9 Å². The normalized spacial score (nSPS) is 11.8. The quantitative estimate of drug-likeness (QED) is 0.410. The minimum absolute atomic E-state index is 0.172. The van der Waals surface area contributed by atoms with Crippen LogP contribution in [-0.4, -0.2) is 22.8 Å². The third-order valence-electron chi connectivity index (χ3n) is 4.56. The standard InChI is InChI=1S/C20H14N2O4/c1-11-19(22(24)25)16(14-9-5-6-10-15(14)26-2)17-18(21-11)12-7-3-4-8-13(12)20(17)23/h3-10H,1-2H3. The summed E-state index contributed by atoms with van der Waals surface area (Å²) in [5, 5.41) is 11.8. The van der Waals surface area contributed by atoms with Crippen molar-refractivity contribution in [3.63, 3.8) is 0 Å². The molecule has 0 amide bonds. The zero-order valence-electron chi connectivity index (χ0n) is 14.1. The van der Waals surface area contributed by atoms with Gasteiger partial charge in [-0.15, -0.1) is 0 Å². The van der Waals surface area contributed by atoms with E-state index in [9.17, 15) is 14.9 Å². The van der Waals surface area contributed by atoms with E-state index in [4.69, 9.17) is 4.74 Å². The van der Waals surface area contributed by atoms with Gasteiger partial charge in [-0.05, 0) is 13.0 Å². The van der Waals surface area contributed by atoms with E-state index >= 15 is 0 Å². The highest BCUT2D eigenvalue weighted by molar-refractivity contribution is 6.25. The molecule has 0 radical (unpaired) electrons. The van der Waals surface area contributed by atoms with Gasteiger partial charge in [0.15, 0.2) is 5.78 Å². The van der Waals surface area contributed by atoms with Crippen molar-refractivity contribution in [2.24, 2.45) is 0 Å². The van der Waals surface area contributed by atoms with E-state index in [2.05, 4.69) is 4.98 Å². The van der Waals surface area contributed by atoms with Crippen LogP contribution in [-0.2, 0) is 0 Å². The summed E-state index contributed by atoms with van der Waals surface area (Å²) in [7, 11) is 1.50. The maximum Gasteiger partial charge on any atom is 0.299 e. The minimum Gasteiger partial charge on any atom is -0.496 e. The molecule has 128 valence electrons. The molecular weight excluding hydrogens is 332 g/mol. The first kappa shape index (κ1) is 16.0. The fourth-order valence-corrected chi connectivity index (χ4v) is 3.47. The van der Waals surface area contributed by atoms with Crippen molar-refractivity contribution in [2.45, 2.75) is 6.92 Å². The number of rotatable bonds is 3. The van der Waals surface area contributed by atoms with Crippen molar-refractivity contribution in [1.29, 1.82) is 0 Å². The van der Waals surface area contributed by atoms with Gasteiger partial charge in [0.1, 0.15) is 11.4 Å². The number of nitrogens with zero attached hydrogens (tertiary/aromatic N) is 2. The van der Waals surface area contributed by atoms with Gasteiger partial charge >= 0.3 is 0 Å². The van der Waals surface area contributed by atoms with Crippen molar-refractivity contribution >= 4 is 11.5 Å². The molecule has 0 saturated heterocycles. The Bertz CT molecular complexity index is 1090. The van der Waals surface area contributed by atoms with Crippen LogP contribution in [0.5, 0.6) is 5.75 Å². The van der Waals surface area contributed by atoms with E-state index in [1.54, 1.807) is 43.3 Å². The van der Waals surface area contributed by atoms with Crippen LogP contribution in [0.2, 0.25) is 0 Å². The van der Waals surface area contributed by atoms with Crippen molar-refractivity contribution < 1.29 is 14.5 Å². The first-order valence-corrected chi connectivity index (χ1v) is 8.01. The molecule has 2 aromatic carbocycles. The van der Waals surface area contributed by atoms with Gasteiger partial charge in [0.25, 0.3) is 5.69 Å². The number of methoxy groups -OCH3 is 1. The number of hydrogen-bond acceptors (Lipinski definition) is 5. The van der Waals surface area contributed by atoms with Crippen molar-refractivity contribution in [3.05, 3.63) is 75.5 Å². The van der Waals surface area contributed by atoms with Crippen molar-refractivity contribution in [3.8, 4) is 28.1 Å². The SMILES string of the molecule is COc1ccccc1-c1c2c(nc(C)c1[N+](=O)[O-])-c1ccccc1C2=O. The highest BCUT2D eigenvalue weighted by Crippen LogP contribution is 2.47. The van der Waals surface area contributed by atoms with E-state index < -0.39 is 4.92 Å². The predicted molar refractivity (Wildman–Crippen MR) is 96.5 cm³/mol. The van der Waals surface area contributed by atoms with Gasteiger partial charge in [0.2, 0.25) is 0 Å². The summed E-state index contributed by atoms with van der Waals surface area (Å²) in [5.74, 6) is 0.208. The van der Waals surface area contributed by atoms with Crippen molar-refractivity contribution in [1.82, 2.24) is 4.98 Å². The number of fused-ring (bicyclic) bond motifs is 3. The number of hydrogen-bond donors (Lipinski definition) is 0. The maximum absolute atomic E-state index is 13.1. The summed E-state index contributed by atoms with van der Waals surface area (Å²) in [6.07, 6.45) is 0. The second-order valence-electron chi connectivity index (χ2n) is 5.98. The Labute approximate surface area is 149 Å².